The summed E-state index contributed by atoms with van der Waals surface area (Å²) < 4.78 is 1.99. The van der Waals surface area contributed by atoms with Gasteiger partial charge in [0.15, 0.2) is 0 Å². The van der Waals surface area contributed by atoms with Crippen molar-refractivity contribution >= 4 is 35.3 Å². The first-order valence-electron chi connectivity index (χ1n) is 6.85. The van der Waals surface area contributed by atoms with Crippen LogP contribution in [0.2, 0.25) is 0 Å². The van der Waals surface area contributed by atoms with Crippen molar-refractivity contribution in [3.8, 4) is 0 Å². The van der Waals surface area contributed by atoms with Crippen LogP contribution in [0.25, 0.3) is 0 Å². The Morgan fingerprint density at radius 1 is 1.48 bits per heavy atom. The van der Waals surface area contributed by atoms with Crippen molar-refractivity contribution in [3.05, 3.63) is 17.3 Å². The maximum absolute atomic E-state index is 12.4. The van der Waals surface area contributed by atoms with E-state index in [9.17, 15) is 4.79 Å². The van der Waals surface area contributed by atoms with E-state index in [1.165, 1.54) is 0 Å². The number of amidine groups is 1. The Balaban J connectivity index is 2.70. The molecule has 1 aliphatic rings. The maximum Gasteiger partial charge on any atom is 0.270 e. The number of carbonyl (C=O) groups is 1. The van der Waals surface area contributed by atoms with Crippen LogP contribution in [0.5, 0.6) is 0 Å². The number of aromatic nitrogens is 1. The molecule has 0 radical (unpaired) electrons. The van der Waals surface area contributed by atoms with Gasteiger partial charge in [-0.05, 0) is 42.3 Å². The number of rotatable bonds is 1. The molecule has 0 saturated carbocycles. The Morgan fingerprint density at radius 2 is 2.10 bits per heavy atom. The van der Waals surface area contributed by atoms with Gasteiger partial charge in [-0.15, -0.1) is 0 Å². The number of carbonyl (C=O) groups excluding carboxylic acids is 1. The number of likely N-dealkylation sites (N-methyl/N-ethyl adjacent to an activating group) is 1. The van der Waals surface area contributed by atoms with Gasteiger partial charge in [-0.3, -0.25) is 4.79 Å². The summed E-state index contributed by atoms with van der Waals surface area (Å²) in [4.78, 5) is 22.1. The van der Waals surface area contributed by atoms with Crippen LogP contribution in [0.3, 0.4) is 0 Å². The molecule has 6 heteroatoms. The van der Waals surface area contributed by atoms with Gasteiger partial charge in [0.25, 0.3) is 5.91 Å². The molecule has 0 spiro atoms. The molecule has 2 heterocycles. The molecular formula is C15H21ClN4O. The summed E-state index contributed by atoms with van der Waals surface area (Å²) >= 11 is 5.91. The zero-order valence-corrected chi connectivity index (χ0v) is 13.9. The molecule has 0 aliphatic carbocycles. The van der Waals surface area contributed by atoms with Crippen LogP contribution in [0.4, 0.5) is 5.82 Å². The number of fused-ring (bicyclic) bond motifs is 1. The average molecular weight is 309 g/mol. The van der Waals surface area contributed by atoms with E-state index in [0.29, 0.717) is 18.1 Å². The second-order valence-corrected chi connectivity index (χ2v) is 6.85. The Bertz CT molecular complexity index is 624. The smallest absolute Gasteiger partial charge is 0.270 e. The van der Waals surface area contributed by atoms with E-state index in [1.54, 1.807) is 4.90 Å². The molecule has 1 aromatic heterocycles. The summed E-state index contributed by atoms with van der Waals surface area (Å²) in [6.07, 6.45) is 0. The molecule has 0 aromatic carbocycles. The molecule has 1 amide bonds. The lowest BCUT2D eigenvalue weighted by atomic mass is 9.85. The van der Waals surface area contributed by atoms with Crippen LogP contribution in [-0.4, -0.2) is 41.0 Å². The van der Waals surface area contributed by atoms with E-state index in [1.807, 2.05) is 24.6 Å². The van der Waals surface area contributed by atoms with Crippen LogP contribution in [0, 0.1) is 12.3 Å². The molecule has 1 atom stereocenters. The summed E-state index contributed by atoms with van der Waals surface area (Å²) in [5.41, 5.74) is 1.53. The van der Waals surface area contributed by atoms with Gasteiger partial charge in [-0.25, -0.2) is 9.98 Å². The number of halogens is 1. The standard InChI is InChI=1S/C15H21ClN4O/c1-9-7-10-13(21)19(6)8-11(15(2,3)4)20(10)12(9)18-14(16)17-5/h7,11H,5,8H2,1-4,6H3/t11-/m1/s1. The van der Waals surface area contributed by atoms with Crippen LogP contribution in [0.15, 0.2) is 16.1 Å². The van der Waals surface area contributed by atoms with Crippen LogP contribution in [0.1, 0.15) is 42.9 Å². The van der Waals surface area contributed by atoms with E-state index in [-0.39, 0.29) is 22.7 Å². The van der Waals surface area contributed by atoms with Crippen molar-refractivity contribution in [1.82, 2.24) is 9.47 Å². The molecule has 1 aliphatic heterocycles. The van der Waals surface area contributed by atoms with Gasteiger partial charge in [0.05, 0.1) is 6.04 Å². The molecule has 0 fully saturated rings. The van der Waals surface area contributed by atoms with E-state index in [0.717, 1.165) is 5.56 Å². The quantitative estimate of drug-likeness (QED) is 0.445. The van der Waals surface area contributed by atoms with Crippen LogP contribution < -0.4 is 0 Å². The van der Waals surface area contributed by atoms with Crippen molar-refractivity contribution in [3.63, 3.8) is 0 Å². The normalized spacial score (nSPS) is 19.7. The minimum atomic E-state index is -0.0203. The van der Waals surface area contributed by atoms with Gasteiger partial charge >= 0.3 is 0 Å². The first-order chi connectivity index (χ1) is 9.66. The van der Waals surface area contributed by atoms with Gasteiger partial charge in [-0.1, -0.05) is 20.8 Å². The SMILES string of the molecule is C=NC(Cl)=Nc1c(C)cc2n1[C@@H](C(C)(C)C)CN(C)C2=O. The third kappa shape index (κ3) is 2.75. The lowest BCUT2D eigenvalue weighted by Crippen LogP contribution is -2.44. The second kappa shape index (κ2) is 5.30. The minimum Gasteiger partial charge on any atom is -0.338 e. The van der Waals surface area contributed by atoms with Gasteiger partial charge < -0.3 is 9.47 Å². The molecule has 1 aromatic rings. The molecule has 114 valence electrons. The van der Waals surface area contributed by atoms with E-state index >= 15 is 0 Å². The summed E-state index contributed by atoms with van der Waals surface area (Å²) in [5, 5.41) is 0.0815. The molecule has 0 saturated heterocycles. The van der Waals surface area contributed by atoms with Gasteiger partial charge in [0, 0.05) is 13.6 Å². The fourth-order valence-corrected chi connectivity index (χ4v) is 2.75. The van der Waals surface area contributed by atoms with Gasteiger partial charge in [-0.2, -0.15) is 0 Å². The van der Waals surface area contributed by atoms with Crippen molar-refractivity contribution in [2.75, 3.05) is 13.6 Å². The number of nitrogens with zero attached hydrogens (tertiary/aromatic N) is 4. The van der Waals surface area contributed by atoms with Gasteiger partial charge in [0.2, 0.25) is 5.29 Å². The van der Waals surface area contributed by atoms with Crippen molar-refractivity contribution in [1.29, 1.82) is 0 Å². The lowest BCUT2D eigenvalue weighted by molar-refractivity contribution is 0.0645. The first kappa shape index (κ1) is 15.8. The summed E-state index contributed by atoms with van der Waals surface area (Å²) in [6.45, 7) is 12.4. The maximum atomic E-state index is 12.4. The molecule has 0 bridgehead atoms. The Kier molecular flexibility index (Phi) is 3.97. The highest BCUT2D eigenvalue weighted by atomic mass is 35.5. The molecule has 2 rings (SSSR count). The molecule has 0 unspecified atom stereocenters. The Hall–Kier alpha value is -1.62. The number of hydrogen-bond acceptors (Lipinski definition) is 2. The molecule has 0 N–H and O–H groups in total. The summed E-state index contributed by atoms with van der Waals surface area (Å²) in [7, 11) is 1.83. The van der Waals surface area contributed by atoms with Crippen molar-refractivity contribution in [2.24, 2.45) is 15.4 Å². The van der Waals surface area contributed by atoms with Crippen LogP contribution in [-0.2, 0) is 0 Å². The second-order valence-electron chi connectivity index (χ2n) is 6.51. The first-order valence-corrected chi connectivity index (χ1v) is 7.22. The lowest BCUT2D eigenvalue weighted by Gasteiger charge is -2.40. The summed E-state index contributed by atoms with van der Waals surface area (Å²) in [6, 6.07) is 1.99. The van der Waals surface area contributed by atoms with Gasteiger partial charge in [0.1, 0.15) is 11.5 Å². The topological polar surface area (TPSA) is 50.0 Å². The highest BCUT2D eigenvalue weighted by molar-refractivity contribution is 6.65. The third-order valence-electron chi connectivity index (χ3n) is 3.85. The number of aryl methyl sites for hydroxylation is 1. The zero-order chi connectivity index (χ0) is 15.9. The monoisotopic (exact) mass is 308 g/mol. The van der Waals surface area contributed by atoms with Crippen molar-refractivity contribution < 1.29 is 4.79 Å². The number of aliphatic imine (C=N–C) groups is 2. The number of amides is 1. The highest BCUT2D eigenvalue weighted by Gasteiger charge is 2.38. The predicted molar refractivity (Wildman–Crippen MR) is 87.1 cm³/mol. The van der Waals surface area contributed by atoms with E-state index < -0.39 is 0 Å². The zero-order valence-electron chi connectivity index (χ0n) is 13.1. The minimum absolute atomic E-state index is 0.00253. The largest absolute Gasteiger partial charge is 0.338 e. The molecule has 21 heavy (non-hydrogen) atoms. The van der Waals surface area contributed by atoms with E-state index in [2.05, 4.69) is 37.5 Å². The summed E-state index contributed by atoms with van der Waals surface area (Å²) in [5.74, 6) is 0.687. The fraction of sp³-hybridized carbons (Fsp3) is 0.533. The predicted octanol–water partition coefficient (Wildman–Crippen LogP) is 3.40. The fourth-order valence-electron chi connectivity index (χ4n) is 2.67. The molecular weight excluding hydrogens is 288 g/mol. The Labute approximate surface area is 130 Å². The van der Waals surface area contributed by atoms with Crippen molar-refractivity contribution in [2.45, 2.75) is 33.7 Å². The van der Waals surface area contributed by atoms with E-state index in [4.69, 9.17) is 11.6 Å². The average Bonchev–Trinajstić information content (AvgIpc) is 2.70. The molecule has 5 nitrogen and oxygen atoms in total. The number of hydrogen-bond donors (Lipinski definition) is 0. The Morgan fingerprint density at radius 3 is 2.62 bits per heavy atom. The third-order valence-corrected chi connectivity index (χ3v) is 4.05. The highest BCUT2D eigenvalue weighted by Crippen LogP contribution is 2.41. The van der Waals surface area contributed by atoms with Crippen LogP contribution >= 0.6 is 11.6 Å².